The quantitative estimate of drug-likeness (QED) is 0.735. The molecule has 0 bridgehead atoms. The summed E-state index contributed by atoms with van der Waals surface area (Å²) in [6, 6.07) is 12.9. The van der Waals surface area contributed by atoms with Gasteiger partial charge in [-0.05, 0) is 29.3 Å². The first-order valence-electron chi connectivity index (χ1n) is 8.05. The second kappa shape index (κ2) is 6.19. The number of rotatable bonds is 3. The predicted octanol–water partition coefficient (Wildman–Crippen LogP) is 1.67. The van der Waals surface area contributed by atoms with E-state index in [1.54, 1.807) is 36.5 Å². The van der Waals surface area contributed by atoms with Crippen molar-refractivity contribution in [1.29, 1.82) is 0 Å². The molecule has 1 aliphatic rings. The van der Waals surface area contributed by atoms with Gasteiger partial charge in [0.25, 0.3) is 0 Å². The molecule has 0 saturated heterocycles. The molecule has 1 aliphatic heterocycles. The van der Waals surface area contributed by atoms with Gasteiger partial charge in [-0.15, -0.1) is 0 Å². The van der Waals surface area contributed by atoms with Gasteiger partial charge in [-0.1, -0.05) is 36.4 Å². The van der Waals surface area contributed by atoms with Crippen molar-refractivity contribution in [3.05, 3.63) is 76.8 Å². The minimum absolute atomic E-state index is 0.0247. The van der Waals surface area contributed by atoms with Crippen molar-refractivity contribution in [3.63, 3.8) is 0 Å². The molecular weight excluding hydrogens is 353 g/mol. The first kappa shape index (κ1) is 16.7. The molecule has 1 aromatic heterocycles. The van der Waals surface area contributed by atoms with E-state index in [9.17, 15) is 12.8 Å². The lowest BCUT2D eigenvalue weighted by atomic mass is 9.94. The SMILES string of the molecule is NS(=O)(=O)c1ccccc1-c1ccc(C2C=c3cc[nH]c3=NC2)c(F)c1. The van der Waals surface area contributed by atoms with Gasteiger partial charge in [0, 0.05) is 22.9 Å². The van der Waals surface area contributed by atoms with E-state index in [0.29, 0.717) is 23.2 Å². The molecule has 3 aromatic rings. The van der Waals surface area contributed by atoms with Crippen LogP contribution in [0.1, 0.15) is 11.5 Å². The third-order valence-electron chi connectivity index (χ3n) is 4.49. The number of nitrogens with one attached hydrogen (secondary N) is 1. The number of aromatic amines is 1. The lowest BCUT2D eigenvalue weighted by molar-refractivity contribution is 0.597. The summed E-state index contributed by atoms with van der Waals surface area (Å²) >= 11 is 0. The summed E-state index contributed by atoms with van der Waals surface area (Å²) in [6.07, 6.45) is 3.78. The Morgan fingerprint density at radius 2 is 1.96 bits per heavy atom. The maximum absolute atomic E-state index is 14.8. The minimum Gasteiger partial charge on any atom is -0.346 e. The molecule has 4 rings (SSSR count). The number of hydrogen-bond acceptors (Lipinski definition) is 3. The highest BCUT2D eigenvalue weighted by Crippen LogP contribution is 2.30. The molecule has 1 unspecified atom stereocenters. The molecule has 26 heavy (non-hydrogen) atoms. The van der Waals surface area contributed by atoms with Crippen molar-refractivity contribution in [2.24, 2.45) is 10.1 Å². The van der Waals surface area contributed by atoms with E-state index in [-0.39, 0.29) is 10.8 Å². The van der Waals surface area contributed by atoms with Crippen LogP contribution in [-0.4, -0.2) is 19.9 Å². The van der Waals surface area contributed by atoms with Crippen LogP contribution in [0.15, 0.2) is 64.6 Å². The molecule has 3 N–H and O–H groups in total. The monoisotopic (exact) mass is 369 g/mol. The van der Waals surface area contributed by atoms with E-state index in [2.05, 4.69) is 9.98 Å². The number of primary sulfonamides is 1. The highest BCUT2D eigenvalue weighted by atomic mass is 32.2. The predicted molar refractivity (Wildman–Crippen MR) is 96.9 cm³/mol. The summed E-state index contributed by atoms with van der Waals surface area (Å²) in [4.78, 5) is 7.44. The molecule has 2 aromatic carbocycles. The number of H-pyrrole nitrogens is 1. The van der Waals surface area contributed by atoms with Crippen LogP contribution in [0.25, 0.3) is 17.2 Å². The second-order valence-corrected chi connectivity index (χ2v) is 7.70. The Morgan fingerprint density at radius 3 is 2.73 bits per heavy atom. The highest BCUT2D eigenvalue weighted by molar-refractivity contribution is 7.89. The topological polar surface area (TPSA) is 88.3 Å². The fourth-order valence-electron chi connectivity index (χ4n) is 3.24. The molecule has 0 fully saturated rings. The van der Waals surface area contributed by atoms with Crippen molar-refractivity contribution in [2.45, 2.75) is 10.8 Å². The van der Waals surface area contributed by atoms with Crippen molar-refractivity contribution in [2.75, 3.05) is 6.54 Å². The van der Waals surface area contributed by atoms with E-state index in [4.69, 9.17) is 5.14 Å². The van der Waals surface area contributed by atoms with Crippen molar-refractivity contribution in [3.8, 4) is 11.1 Å². The Morgan fingerprint density at radius 1 is 1.15 bits per heavy atom. The summed E-state index contributed by atoms with van der Waals surface area (Å²) in [5.41, 5.74) is 2.18. The van der Waals surface area contributed by atoms with Crippen LogP contribution in [0.5, 0.6) is 0 Å². The van der Waals surface area contributed by atoms with Crippen LogP contribution in [0.2, 0.25) is 0 Å². The second-order valence-electron chi connectivity index (χ2n) is 6.17. The number of aromatic nitrogens is 1. The fourth-order valence-corrected chi connectivity index (χ4v) is 4.00. The molecule has 0 amide bonds. The van der Waals surface area contributed by atoms with Crippen molar-refractivity contribution < 1.29 is 12.8 Å². The van der Waals surface area contributed by atoms with Crippen molar-refractivity contribution >= 4 is 16.1 Å². The van der Waals surface area contributed by atoms with Crippen LogP contribution in [0.3, 0.4) is 0 Å². The molecule has 0 spiro atoms. The summed E-state index contributed by atoms with van der Waals surface area (Å²) < 4.78 is 38.4. The van der Waals surface area contributed by atoms with Crippen LogP contribution in [-0.2, 0) is 10.0 Å². The number of nitrogens with two attached hydrogens (primary N) is 1. The maximum Gasteiger partial charge on any atom is 0.238 e. The average molecular weight is 369 g/mol. The largest absolute Gasteiger partial charge is 0.346 e. The van der Waals surface area contributed by atoms with Crippen LogP contribution < -0.4 is 15.8 Å². The lowest BCUT2D eigenvalue weighted by Gasteiger charge is -2.15. The standard InChI is InChI=1S/C19H16FN3O2S/c20-17-10-12(16-3-1-2-4-18(16)26(21,24)25)5-6-15(17)14-9-13-7-8-22-19(13)23-11-14/h1-10,14H,11H2,(H,22,23)(H2,21,24,25). The average Bonchev–Trinajstić information content (AvgIpc) is 3.08. The molecule has 1 atom stereocenters. The van der Waals surface area contributed by atoms with Crippen LogP contribution >= 0.6 is 0 Å². The van der Waals surface area contributed by atoms with E-state index in [0.717, 1.165) is 10.7 Å². The van der Waals surface area contributed by atoms with Gasteiger partial charge in [0.05, 0.1) is 11.4 Å². The number of sulfonamides is 1. The van der Waals surface area contributed by atoms with E-state index < -0.39 is 15.8 Å². The third-order valence-corrected chi connectivity index (χ3v) is 5.46. The molecule has 0 saturated carbocycles. The van der Waals surface area contributed by atoms with Gasteiger partial charge in [0.1, 0.15) is 11.3 Å². The molecular formula is C19H16FN3O2S. The van der Waals surface area contributed by atoms with Gasteiger partial charge in [0.2, 0.25) is 10.0 Å². The molecule has 5 nitrogen and oxygen atoms in total. The molecule has 0 aliphatic carbocycles. The molecule has 0 radical (unpaired) electrons. The molecule has 2 heterocycles. The number of benzene rings is 2. The number of halogens is 1. The van der Waals surface area contributed by atoms with Crippen LogP contribution in [0, 0.1) is 5.82 Å². The van der Waals surface area contributed by atoms with E-state index >= 15 is 0 Å². The van der Waals surface area contributed by atoms with Gasteiger partial charge >= 0.3 is 0 Å². The minimum atomic E-state index is -3.90. The fraction of sp³-hybridized carbons (Fsp3) is 0.105. The number of hydrogen-bond donors (Lipinski definition) is 2. The van der Waals surface area contributed by atoms with Crippen molar-refractivity contribution in [1.82, 2.24) is 4.98 Å². The summed E-state index contributed by atoms with van der Waals surface area (Å²) in [7, 11) is -3.90. The Labute approximate surface area is 149 Å². The Kier molecular flexibility index (Phi) is 3.97. The van der Waals surface area contributed by atoms with Gasteiger partial charge in [-0.3, -0.25) is 4.99 Å². The van der Waals surface area contributed by atoms with E-state index in [1.807, 2.05) is 12.1 Å². The Balaban J connectivity index is 1.77. The number of fused-ring (bicyclic) bond motifs is 1. The van der Waals surface area contributed by atoms with Gasteiger partial charge in [0.15, 0.2) is 0 Å². The number of nitrogens with zero attached hydrogens (tertiary/aromatic N) is 1. The smallest absolute Gasteiger partial charge is 0.238 e. The zero-order chi connectivity index (χ0) is 18.3. The molecule has 132 valence electrons. The van der Waals surface area contributed by atoms with E-state index in [1.165, 1.54) is 12.1 Å². The molecule has 7 heteroatoms. The van der Waals surface area contributed by atoms with Gasteiger partial charge in [-0.25, -0.2) is 17.9 Å². The Hall–Kier alpha value is -2.77. The summed E-state index contributed by atoms with van der Waals surface area (Å²) in [5, 5.41) is 6.22. The zero-order valence-electron chi connectivity index (χ0n) is 13.7. The lowest BCUT2D eigenvalue weighted by Crippen LogP contribution is -2.29. The first-order chi connectivity index (χ1) is 12.4. The van der Waals surface area contributed by atoms with Gasteiger partial charge in [-0.2, -0.15) is 0 Å². The normalized spacial score (nSPS) is 16.5. The third kappa shape index (κ3) is 2.95. The van der Waals surface area contributed by atoms with Gasteiger partial charge < -0.3 is 4.98 Å². The zero-order valence-corrected chi connectivity index (χ0v) is 14.5. The first-order valence-corrected chi connectivity index (χ1v) is 9.59. The summed E-state index contributed by atoms with van der Waals surface area (Å²) in [6.45, 7) is 0.456. The summed E-state index contributed by atoms with van der Waals surface area (Å²) in [5.74, 6) is -0.567. The van der Waals surface area contributed by atoms with Crippen LogP contribution in [0.4, 0.5) is 4.39 Å². The maximum atomic E-state index is 14.8. The highest BCUT2D eigenvalue weighted by Gasteiger charge is 2.19. The Bertz CT molecular complexity index is 1220.